The third kappa shape index (κ3) is 7.17. The van der Waals surface area contributed by atoms with Crippen molar-refractivity contribution in [3.63, 3.8) is 0 Å². The van der Waals surface area contributed by atoms with Gasteiger partial charge in [-0.15, -0.1) is 0 Å². The van der Waals surface area contributed by atoms with Crippen molar-refractivity contribution in [1.29, 1.82) is 0 Å². The molecule has 1 fully saturated rings. The van der Waals surface area contributed by atoms with Gasteiger partial charge in [0.05, 0.1) is 0 Å². The minimum absolute atomic E-state index is 0.118. The Bertz CT molecular complexity index is 643. The number of amides is 2. The number of carbonyl (C=O) groups is 2. The zero-order chi connectivity index (χ0) is 20.0. The zero-order valence-corrected chi connectivity index (χ0v) is 16.5. The lowest BCUT2D eigenvalue weighted by Gasteiger charge is -2.38. The van der Waals surface area contributed by atoms with Crippen LogP contribution in [0.5, 0.6) is 0 Å². The lowest BCUT2D eigenvalue weighted by atomic mass is 9.94. The summed E-state index contributed by atoms with van der Waals surface area (Å²) in [4.78, 5) is 25.9. The molecule has 27 heavy (non-hydrogen) atoms. The normalized spacial score (nSPS) is 20.3. The molecule has 6 nitrogen and oxygen atoms in total. The van der Waals surface area contributed by atoms with Gasteiger partial charge in [-0.1, -0.05) is 6.92 Å². The zero-order valence-electron chi connectivity index (χ0n) is 16.5. The van der Waals surface area contributed by atoms with Crippen LogP contribution in [0.25, 0.3) is 0 Å². The number of carbonyl (C=O) groups excluding carboxylic acids is 2. The Labute approximate surface area is 160 Å². The number of halogens is 1. The quantitative estimate of drug-likeness (QED) is 0.823. The van der Waals surface area contributed by atoms with Gasteiger partial charge in [-0.05, 0) is 57.4 Å². The number of nitrogens with one attached hydrogen (secondary N) is 2. The van der Waals surface area contributed by atoms with Gasteiger partial charge >= 0.3 is 6.09 Å². The first-order chi connectivity index (χ1) is 12.6. The van der Waals surface area contributed by atoms with Gasteiger partial charge in [0, 0.05) is 37.8 Å². The van der Waals surface area contributed by atoms with Crippen molar-refractivity contribution >= 4 is 17.7 Å². The van der Waals surface area contributed by atoms with Gasteiger partial charge in [0.2, 0.25) is 5.91 Å². The molecule has 1 heterocycles. The van der Waals surface area contributed by atoms with E-state index in [-0.39, 0.29) is 29.8 Å². The Balaban J connectivity index is 1.70. The van der Waals surface area contributed by atoms with E-state index in [1.165, 1.54) is 24.3 Å². The molecule has 0 radical (unpaired) electrons. The van der Waals surface area contributed by atoms with Gasteiger partial charge in [0.1, 0.15) is 11.4 Å². The second-order valence-electron chi connectivity index (χ2n) is 8.06. The highest BCUT2D eigenvalue weighted by Gasteiger charge is 2.30. The molecule has 2 atom stereocenters. The summed E-state index contributed by atoms with van der Waals surface area (Å²) in [7, 11) is 0. The lowest BCUT2D eigenvalue weighted by molar-refractivity contribution is -0.116. The van der Waals surface area contributed by atoms with Gasteiger partial charge in [0.15, 0.2) is 0 Å². The summed E-state index contributed by atoms with van der Waals surface area (Å²) in [6.07, 6.45) is 0.877. The number of ether oxygens (including phenoxy) is 1. The van der Waals surface area contributed by atoms with Crippen LogP contribution in [0.3, 0.4) is 0 Å². The second kappa shape index (κ2) is 9.17. The molecule has 0 saturated carbocycles. The highest BCUT2D eigenvalue weighted by Crippen LogP contribution is 2.19. The summed E-state index contributed by atoms with van der Waals surface area (Å²) in [5.74, 6) is -0.180. The van der Waals surface area contributed by atoms with Crippen molar-refractivity contribution in [2.24, 2.45) is 5.92 Å². The van der Waals surface area contributed by atoms with Crippen LogP contribution in [0.1, 0.15) is 40.5 Å². The molecular weight excluding hydrogens is 349 g/mol. The number of hydrogen-bond donors (Lipinski definition) is 2. The predicted molar refractivity (Wildman–Crippen MR) is 103 cm³/mol. The Morgan fingerprint density at radius 1 is 1.26 bits per heavy atom. The maximum Gasteiger partial charge on any atom is 0.410 e. The molecular formula is C20H30FN3O3. The SMILES string of the molecule is C[C@H]1CN(C(=O)OC(C)(C)C)CC[C@@H]1NCCC(=O)Nc1ccc(F)cc1. The van der Waals surface area contributed by atoms with Gasteiger partial charge in [-0.25, -0.2) is 9.18 Å². The van der Waals surface area contributed by atoms with Crippen molar-refractivity contribution in [3.05, 3.63) is 30.1 Å². The molecule has 0 bridgehead atoms. The molecule has 7 heteroatoms. The molecule has 0 aliphatic carbocycles. The van der Waals surface area contributed by atoms with Crippen molar-refractivity contribution < 1.29 is 18.7 Å². The minimum Gasteiger partial charge on any atom is -0.444 e. The van der Waals surface area contributed by atoms with Gasteiger partial charge in [0.25, 0.3) is 0 Å². The Morgan fingerprint density at radius 3 is 2.52 bits per heavy atom. The highest BCUT2D eigenvalue weighted by atomic mass is 19.1. The number of nitrogens with zero attached hydrogens (tertiary/aromatic N) is 1. The largest absolute Gasteiger partial charge is 0.444 e. The average Bonchev–Trinajstić information content (AvgIpc) is 2.57. The van der Waals surface area contributed by atoms with E-state index in [2.05, 4.69) is 17.6 Å². The average molecular weight is 379 g/mol. The lowest BCUT2D eigenvalue weighted by Crippen LogP contribution is -2.51. The number of rotatable bonds is 5. The monoisotopic (exact) mass is 379 g/mol. The van der Waals surface area contributed by atoms with E-state index < -0.39 is 5.60 Å². The summed E-state index contributed by atoms with van der Waals surface area (Å²) in [6.45, 7) is 9.49. The molecule has 2 rings (SSSR count). The van der Waals surface area contributed by atoms with Crippen LogP contribution in [-0.4, -0.2) is 48.2 Å². The fraction of sp³-hybridized carbons (Fsp3) is 0.600. The van der Waals surface area contributed by atoms with E-state index in [4.69, 9.17) is 4.74 Å². The highest BCUT2D eigenvalue weighted by molar-refractivity contribution is 5.90. The van der Waals surface area contributed by atoms with Crippen LogP contribution in [0.2, 0.25) is 0 Å². The molecule has 1 saturated heterocycles. The Hall–Kier alpha value is -2.15. The third-order valence-electron chi connectivity index (χ3n) is 4.44. The van der Waals surface area contributed by atoms with Crippen LogP contribution < -0.4 is 10.6 Å². The summed E-state index contributed by atoms with van der Waals surface area (Å²) in [5.41, 5.74) is 0.0910. The fourth-order valence-electron chi connectivity index (χ4n) is 3.07. The third-order valence-corrected chi connectivity index (χ3v) is 4.44. The summed E-state index contributed by atoms with van der Waals surface area (Å²) in [6, 6.07) is 5.95. The standard InChI is InChI=1S/C20H30FN3O3/c1-14-13-24(19(26)27-20(2,3)4)12-10-17(14)22-11-9-18(25)23-16-7-5-15(21)6-8-16/h5-8,14,17,22H,9-13H2,1-4H3,(H,23,25)/t14-,17-/m0/s1. The molecule has 2 amide bonds. The summed E-state index contributed by atoms with van der Waals surface area (Å²) >= 11 is 0. The van der Waals surface area contributed by atoms with Crippen LogP contribution in [0, 0.1) is 11.7 Å². The summed E-state index contributed by atoms with van der Waals surface area (Å²) < 4.78 is 18.3. The smallest absolute Gasteiger partial charge is 0.410 e. The molecule has 0 unspecified atom stereocenters. The van der Waals surface area contributed by atoms with Crippen molar-refractivity contribution in [2.75, 3.05) is 25.0 Å². The van der Waals surface area contributed by atoms with E-state index in [1.54, 1.807) is 4.90 Å². The van der Waals surface area contributed by atoms with Crippen molar-refractivity contribution in [2.45, 2.75) is 52.2 Å². The van der Waals surface area contributed by atoms with E-state index in [9.17, 15) is 14.0 Å². The molecule has 0 spiro atoms. The molecule has 1 aromatic rings. The summed E-state index contributed by atoms with van der Waals surface area (Å²) in [5, 5.41) is 6.15. The predicted octanol–water partition coefficient (Wildman–Crippen LogP) is 3.39. The van der Waals surface area contributed by atoms with Gasteiger partial charge in [-0.2, -0.15) is 0 Å². The molecule has 150 valence electrons. The Kier molecular flexibility index (Phi) is 7.18. The Morgan fingerprint density at radius 2 is 1.93 bits per heavy atom. The first-order valence-corrected chi connectivity index (χ1v) is 9.41. The van der Waals surface area contributed by atoms with Crippen molar-refractivity contribution in [3.8, 4) is 0 Å². The number of hydrogen-bond acceptors (Lipinski definition) is 4. The fourth-order valence-corrected chi connectivity index (χ4v) is 3.07. The van der Waals surface area contributed by atoms with Crippen LogP contribution in [0.4, 0.5) is 14.9 Å². The van der Waals surface area contributed by atoms with Gasteiger partial charge in [-0.3, -0.25) is 4.79 Å². The first-order valence-electron chi connectivity index (χ1n) is 9.41. The maximum atomic E-state index is 12.9. The van der Waals surface area contributed by atoms with E-state index in [0.717, 1.165) is 6.42 Å². The first kappa shape index (κ1) is 21.2. The molecule has 1 aromatic carbocycles. The maximum absolute atomic E-state index is 12.9. The van der Waals surface area contributed by atoms with Gasteiger partial charge < -0.3 is 20.3 Å². The van der Waals surface area contributed by atoms with E-state index >= 15 is 0 Å². The number of anilines is 1. The van der Waals surface area contributed by atoms with Crippen LogP contribution in [-0.2, 0) is 9.53 Å². The number of benzene rings is 1. The molecule has 1 aliphatic rings. The second-order valence-corrected chi connectivity index (χ2v) is 8.06. The van der Waals surface area contributed by atoms with Crippen molar-refractivity contribution in [1.82, 2.24) is 10.2 Å². The molecule has 0 aromatic heterocycles. The van der Waals surface area contributed by atoms with E-state index in [1.807, 2.05) is 20.8 Å². The van der Waals surface area contributed by atoms with Crippen LogP contribution >= 0.6 is 0 Å². The molecule has 2 N–H and O–H groups in total. The number of piperidine rings is 1. The topological polar surface area (TPSA) is 70.7 Å². The minimum atomic E-state index is -0.493. The van der Waals surface area contributed by atoms with Crippen LogP contribution in [0.15, 0.2) is 24.3 Å². The molecule has 1 aliphatic heterocycles. The number of likely N-dealkylation sites (tertiary alicyclic amines) is 1. The van der Waals surface area contributed by atoms with E-state index in [0.29, 0.717) is 31.7 Å².